The number of rotatable bonds is 5. The molecule has 1 aliphatic carbocycles. The van der Waals surface area contributed by atoms with Crippen LogP contribution < -0.4 is 16.4 Å². The predicted octanol–water partition coefficient (Wildman–Crippen LogP) is 6.15. The SMILES string of the molecule is C=C(Nc1ccccc1NC(=O)C1=CCC=C(C(C)(C)C)C=C1)c1cccc(N)c1. The molecule has 1 amide bonds. The van der Waals surface area contributed by atoms with Gasteiger partial charge in [-0.05, 0) is 53.3 Å². The molecule has 0 spiro atoms. The normalized spacial score (nSPS) is 13.7. The molecular weight excluding hydrogens is 370 g/mol. The first-order valence-corrected chi connectivity index (χ1v) is 10.0. The summed E-state index contributed by atoms with van der Waals surface area (Å²) in [6, 6.07) is 15.1. The smallest absolute Gasteiger partial charge is 0.255 e. The highest BCUT2D eigenvalue weighted by atomic mass is 16.1. The van der Waals surface area contributed by atoms with Crippen LogP contribution >= 0.6 is 0 Å². The summed E-state index contributed by atoms with van der Waals surface area (Å²) >= 11 is 0. The molecule has 0 aliphatic heterocycles. The van der Waals surface area contributed by atoms with Crippen LogP contribution in [0.2, 0.25) is 0 Å². The summed E-state index contributed by atoms with van der Waals surface area (Å²) in [6.45, 7) is 10.6. The van der Waals surface area contributed by atoms with Gasteiger partial charge in [-0.2, -0.15) is 0 Å². The van der Waals surface area contributed by atoms with Crippen LogP contribution in [0.5, 0.6) is 0 Å². The number of carbonyl (C=O) groups excluding carboxylic acids is 1. The maximum absolute atomic E-state index is 12.9. The van der Waals surface area contributed by atoms with E-state index >= 15 is 0 Å². The Kier molecular flexibility index (Phi) is 6.26. The van der Waals surface area contributed by atoms with Gasteiger partial charge in [0.1, 0.15) is 0 Å². The lowest BCUT2D eigenvalue weighted by Crippen LogP contribution is -2.15. The third kappa shape index (κ3) is 5.29. The molecule has 0 radical (unpaired) electrons. The Morgan fingerprint density at radius 1 is 0.967 bits per heavy atom. The number of hydrogen-bond donors (Lipinski definition) is 3. The first kappa shape index (κ1) is 21.2. The van der Waals surface area contributed by atoms with Crippen LogP contribution in [-0.4, -0.2) is 5.91 Å². The Balaban J connectivity index is 1.74. The van der Waals surface area contributed by atoms with E-state index in [2.05, 4.69) is 44.1 Å². The highest BCUT2D eigenvalue weighted by molar-refractivity contribution is 6.07. The summed E-state index contributed by atoms with van der Waals surface area (Å²) in [7, 11) is 0. The van der Waals surface area contributed by atoms with Gasteiger partial charge in [-0.3, -0.25) is 4.79 Å². The van der Waals surface area contributed by atoms with Crippen molar-refractivity contribution in [2.24, 2.45) is 5.41 Å². The number of hydrogen-bond acceptors (Lipinski definition) is 3. The second-order valence-corrected chi connectivity index (χ2v) is 8.37. The summed E-state index contributed by atoms with van der Waals surface area (Å²) in [6.07, 6.45) is 8.77. The molecule has 3 rings (SSSR count). The first-order valence-electron chi connectivity index (χ1n) is 10.0. The zero-order valence-corrected chi connectivity index (χ0v) is 17.8. The van der Waals surface area contributed by atoms with Gasteiger partial charge in [-0.25, -0.2) is 0 Å². The molecule has 0 heterocycles. The Morgan fingerprint density at radius 3 is 2.33 bits per heavy atom. The maximum Gasteiger partial charge on any atom is 0.255 e. The molecule has 0 saturated heterocycles. The fourth-order valence-electron chi connectivity index (χ4n) is 3.21. The number of nitrogen functional groups attached to an aromatic ring is 1. The van der Waals surface area contributed by atoms with Gasteiger partial charge in [0, 0.05) is 17.0 Å². The molecule has 154 valence electrons. The average Bonchev–Trinajstić information content (AvgIpc) is 2.96. The number of para-hydroxylation sites is 2. The molecule has 0 unspecified atom stereocenters. The molecule has 4 N–H and O–H groups in total. The Labute approximate surface area is 178 Å². The lowest BCUT2D eigenvalue weighted by Gasteiger charge is -2.19. The molecule has 0 aromatic heterocycles. The standard InChI is InChI=1S/C26H29N3O/c1-18(20-10-8-12-22(27)17-20)28-23-13-5-6-14-24(23)29-25(30)19-9-7-11-21(16-15-19)26(2,3)4/h5-6,8-17,28H,1,7,27H2,2-4H3,(H,29,30). The van der Waals surface area contributed by atoms with Crippen molar-refractivity contribution in [1.29, 1.82) is 0 Å². The second-order valence-electron chi connectivity index (χ2n) is 8.37. The van der Waals surface area contributed by atoms with Crippen molar-refractivity contribution in [3.8, 4) is 0 Å². The molecule has 0 saturated carbocycles. The number of anilines is 3. The lowest BCUT2D eigenvalue weighted by atomic mass is 9.86. The zero-order valence-electron chi connectivity index (χ0n) is 17.8. The van der Waals surface area contributed by atoms with Crippen LogP contribution in [0.25, 0.3) is 5.70 Å². The fraction of sp³-hybridized carbons (Fsp3) is 0.192. The minimum absolute atomic E-state index is 0.0496. The molecule has 30 heavy (non-hydrogen) atoms. The van der Waals surface area contributed by atoms with E-state index in [0.29, 0.717) is 22.6 Å². The minimum atomic E-state index is -0.140. The number of benzene rings is 2. The van der Waals surface area contributed by atoms with Crippen LogP contribution in [0.4, 0.5) is 17.1 Å². The number of carbonyl (C=O) groups is 1. The van der Waals surface area contributed by atoms with E-state index in [9.17, 15) is 4.79 Å². The van der Waals surface area contributed by atoms with Crippen LogP contribution in [0.1, 0.15) is 32.8 Å². The molecule has 4 heteroatoms. The summed E-state index contributed by atoms with van der Waals surface area (Å²) in [5.74, 6) is -0.140. The van der Waals surface area contributed by atoms with Crippen molar-refractivity contribution >= 4 is 28.7 Å². The van der Waals surface area contributed by atoms with E-state index in [-0.39, 0.29) is 11.3 Å². The first-order chi connectivity index (χ1) is 14.2. The largest absolute Gasteiger partial charge is 0.399 e. The molecular formula is C26H29N3O. The van der Waals surface area contributed by atoms with Crippen LogP contribution in [-0.2, 0) is 4.79 Å². The Bertz CT molecular complexity index is 1050. The van der Waals surface area contributed by atoms with Gasteiger partial charge in [0.05, 0.1) is 11.4 Å². The van der Waals surface area contributed by atoms with Crippen LogP contribution in [0.15, 0.2) is 90.6 Å². The van der Waals surface area contributed by atoms with Gasteiger partial charge in [0.15, 0.2) is 0 Å². The van der Waals surface area contributed by atoms with E-state index in [4.69, 9.17) is 5.73 Å². The molecule has 0 bridgehead atoms. The summed E-state index contributed by atoms with van der Waals surface area (Å²) < 4.78 is 0. The van der Waals surface area contributed by atoms with Gasteiger partial charge in [-0.15, -0.1) is 0 Å². The molecule has 2 aromatic carbocycles. The highest BCUT2D eigenvalue weighted by Crippen LogP contribution is 2.30. The van der Waals surface area contributed by atoms with E-state index < -0.39 is 0 Å². The average molecular weight is 400 g/mol. The fourth-order valence-corrected chi connectivity index (χ4v) is 3.21. The minimum Gasteiger partial charge on any atom is -0.399 e. The lowest BCUT2D eigenvalue weighted by molar-refractivity contribution is -0.112. The molecule has 2 aromatic rings. The van der Waals surface area contributed by atoms with Gasteiger partial charge >= 0.3 is 0 Å². The highest BCUT2D eigenvalue weighted by Gasteiger charge is 2.17. The van der Waals surface area contributed by atoms with Gasteiger partial charge in [0.25, 0.3) is 5.91 Å². The van der Waals surface area contributed by atoms with Crippen LogP contribution in [0, 0.1) is 5.41 Å². The van der Waals surface area contributed by atoms with E-state index in [0.717, 1.165) is 17.7 Å². The Morgan fingerprint density at radius 2 is 1.67 bits per heavy atom. The van der Waals surface area contributed by atoms with Gasteiger partial charge in [-0.1, -0.05) is 69.8 Å². The summed E-state index contributed by atoms with van der Waals surface area (Å²) in [5, 5.41) is 6.31. The van der Waals surface area contributed by atoms with Crippen molar-refractivity contribution in [2.45, 2.75) is 27.2 Å². The number of nitrogens with two attached hydrogens (primary N) is 1. The van der Waals surface area contributed by atoms with Crippen LogP contribution in [0.3, 0.4) is 0 Å². The van der Waals surface area contributed by atoms with E-state index in [1.807, 2.05) is 66.8 Å². The third-order valence-electron chi connectivity index (χ3n) is 4.94. The van der Waals surface area contributed by atoms with E-state index in [1.165, 1.54) is 5.57 Å². The number of nitrogens with one attached hydrogen (secondary N) is 2. The number of amides is 1. The van der Waals surface area contributed by atoms with Crippen molar-refractivity contribution < 1.29 is 4.79 Å². The van der Waals surface area contributed by atoms with Gasteiger partial charge < -0.3 is 16.4 Å². The van der Waals surface area contributed by atoms with Crippen molar-refractivity contribution in [2.75, 3.05) is 16.4 Å². The monoisotopic (exact) mass is 399 g/mol. The summed E-state index contributed by atoms with van der Waals surface area (Å²) in [5.41, 5.74) is 11.5. The predicted molar refractivity (Wildman–Crippen MR) is 128 cm³/mol. The summed E-state index contributed by atoms with van der Waals surface area (Å²) in [4.78, 5) is 12.9. The quantitative estimate of drug-likeness (QED) is 0.528. The van der Waals surface area contributed by atoms with Crippen molar-refractivity contribution in [3.05, 3.63) is 96.1 Å². The molecule has 4 nitrogen and oxygen atoms in total. The maximum atomic E-state index is 12.9. The van der Waals surface area contributed by atoms with Crippen molar-refractivity contribution in [3.63, 3.8) is 0 Å². The third-order valence-corrected chi connectivity index (χ3v) is 4.94. The zero-order chi connectivity index (χ0) is 21.7. The van der Waals surface area contributed by atoms with E-state index in [1.54, 1.807) is 0 Å². The number of allylic oxidation sites excluding steroid dienone is 4. The topological polar surface area (TPSA) is 67.1 Å². The Hall–Kier alpha value is -3.53. The van der Waals surface area contributed by atoms with Crippen molar-refractivity contribution in [1.82, 2.24) is 0 Å². The molecule has 0 fully saturated rings. The molecule has 0 atom stereocenters. The molecule has 1 aliphatic rings. The second kappa shape index (κ2) is 8.87. The van der Waals surface area contributed by atoms with Gasteiger partial charge in [0.2, 0.25) is 0 Å².